The maximum Gasteiger partial charge on any atom is 0.319 e. The van der Waals surface area contributed by atoms with Gasteiger partial charge >= 0.3 is 6.03 Å². The molecule has 6 heteroatoms. The summed E-state index contributed by atoms with van der Waals surface area (Å²) < 4.78 is 19.4. The van der Waals surface area contributed by atoms with Gasteiger partial charge < -0.3 is 15.4 Å². The van der Waals surface area contributed by atoms with Gasteiger partial charge in [0, 0.05) is 10.2 Å². The molecule has 2 aromatic carbocycles. The number of benzene rings is 2. The summed E-state index contributed by atoms with van der Waals surface area (Å²) in [5.41, 5.74) is 0.678. The highest BCUT2D eigenvalue weighted by Crippen LogP contribution is 2.16. The molecule has 0 aliphatic heterocycles. The van der Waals surface area contributed by atoms with Gasteiger partial charge in [-0.25, -0.2) is 9.18 Å². The van der Waals surface area contributed by atoms with Crippen LogP contribution >= 0.6 is 15.9 Å². The first-order valence-electron chi connectivity index (χ1n) is 6.33. The van der Waals surface area contributed by atoms with Gasteiger partial charge in [-0.3, -0.25) is 0 Å². The number of halogens is 2. The summed E-state index contributed by atoms with van der Waals surface area (Å²) in [4.78, 5) is 11.6. The number of ether oxygens (including phenoxy) is 1. The van der Waals surface area contributed by atoms with Crippen molar-refractivity contribution in [2.45, 2.75) is 0 Å². The number of carbonyl (C=O) groups excluding carboxylic acids is 1. The Morgan fingerprint density at radius 2 is 2.00 bits per heavy atom. The lowest BCUT2D eigenvalue weighted by Gasteiger charge is -2.09. The molecule has 2 amide bonds. The number of urea groups is 1. The Balaban J connectivity index is 1.71. The standard InChI is InChI=1S/C15H14BrFN2O2/c16-11-4-3-5-12(10-11)19-15(20)18-8-9-21-14-7-2-1-6-13(14)17/h1-7,10H,8-9H2,(H2,18,19,20). The van der Waals surface area contributed by atoms with Gasteiger partial charge in [0.2, 0.25) is 0 Å². The average Bonchev–Trinajstić information content (AvgIpc) is 2.45. The molecule has 0 spiro atoms. The molecule has 2 N–H and O–H groups in total. The minimum Gasteiger partial charge on any atom is -0.489 e. The Labute approximate surface area is 130 Å². The van der Waals surface area contributed by atoms with Crippen LogP contribution < -0.4 is 15.4 Å². The minimum absolute atomic E-state index is 0.173. The highest BCUT2D eigenvalue weighted by molar-refractivity contribution is 9.10. The van der Waals surface area contributed by atoms with Crippen molar-refractivity contribution in [1.82, 2.24) is 5.32 Å². The first kappa shape index (κ1) is 15.3. The van der Waals surface area contributed by atoms with E-state index in [9.17, 15) is 9.18 Å². The Bertz CT molecular complexity index is 622. The van der Waals surface area contributed by atoms with Crippen molar-refractivity contribution in [1.29, 1.82) is 0 Å². The molecule has 0 aliphatic rings. The maximum absolute atomic E-state index is 13.3. The normalized spacial score (nSPS) is 10.0. The van der Waals surface area contributed by atoms with Crippen LogP contribution in [0.4, 0.5) is 14.9 Å². The molecule has 4 nitrogen and oxygen atoms in total. The van der Waals surface area contributed by atoms with Crippen LogP contribution in [-0.2, 0) is 0 Å². The minimum atomic E-state index is -0.420. The summed E-state index contributed by atoms with van der Waals surface area (Å²) >= 11 is 3.32. The van der Waals surface area contributed by atoms with Crippen molar-refractivity contribution in [2.75, 3.05) is 18.5 Å². The van der Waals surface area contributed by atoms with Crippen LogP contribution in [0.2, 0.25) is 0 Å². The second kappa shape index (κ2) is 7.64. The molecule has 0 saturated carbocycles. The van der Waals surface area contributed by atoms with Crippen LogP contribution in [0.3, 0.4) is 0 Å². The number of nitrogens with one attached hydrogen (secondary N) is 2. The Morgan fingerprint density at radius 3 is 2.76 bits per heavy atom. The zero-order valence-electron chi connectivity index (χ0n) is 11.1. The van der Waals surface area contributed by atoms with Crippen LogP contribution in [0.5, 0.6) is 5.75 Å². The molecule has 2 rings (SSSR count). The number of hydrogen-bond donors (Lipinski definition) is 2. The van der Waals surface area contributed by atoms with Crippen molar-refractivity contribution >= 4 is 27.6 Å². The lowest BCUT2D eigenvalue weighted by molar-refractivity contribution is 0.246. The van der Waals surface area contributed by atoms with Crippen molar-refractivity contribution < 1.29 is 13.9 Å². The van der Waals surface area contributed by atoms with Crippen molar-refractivity contribution in [3.8, 4) is 5.75 Å². The highest BCUT2D eigenvalue weighted by atomic mass is 79.9. The first-order chi connectivity index (χ1) is 10.1. The third kappa shape index (κ3) is 5.07. The largest absolute Gasteiger partial charge is 0.489 e. The molecule has 2 aromatic rings. The van der Waals surface area contributed by atoms with Gasteiger partial charge in [-0.05, 0) is 30.3 Å². The average molecular weight is 353 g/mol. The summed E-state index contributed by atoms with van der Waals surface area (Å²) in [7, 11) is 0. The molecule has 0 aliphatic carbocycles. The lowest BCUT2D eigenvalue weighted by atomic mass is 10.3. The third-order valence-electron chi connectivity index (χ3n) is 2.56. The first-order valence-corrected chi connectivity index (χ1v) is 7.12. The molecule has 0 aromatic heterocycles. The van der Waals surface area contributed by atoms with E-state index in [1.165, 1.54) is 12.1 Å². The van der Waals surface area contributed by atoms with Gasteiger partial charge in [0.15, 0.2) is 11.6 Å². The summed E-state index contributed by atoms with van der Waals surface area (Å²) in [5.74, 6) is -0.247. The van der Waals surface area contributed by atoms with E-state index in [0.29, 0.717) is 5.69 Å². The molecule has 0 atom stereocenters. The summed E-state index contributed by atoms with van der Waals surface area (Å²) in [6.45, 7) is 0.459. The van der Waals surface area contributed by atoms with E-state index < -0.39 is 5.82 Å². The smallest absolute Gasteiger partial charge is 0.319 e. The van der Waals surface area contributed by atoms with Gasteiger partial charge in [-0.1, -0.05) is 34.1 Å². The monoisotopic (exact) mass is 352 g/mol. The van der Waals surface area contributed by atoms with E-state index in [2.05, 4.69) is 26.6 Å². The zero-order chi connectivity index (χ0) is 15.1. The van der Waals surface area contributed by atoms with E-state index in [4.69, 9.17) is 4.74 Å². The van der Waals surface area contributed by atoms with Crippen LogP contribution in [0, 0.1) is 5.82 Å². The summed E-state index contributed by atoms with van der Waals surface area (Å²) in [6, 6.07) is 13.0. The van der Waals surface area contributed by atoms with Crippen molar-refractivity contribution in [3.05, 3.63) is 58.8 Å². The predicted octanol–water partition coefficient (Wildman–Crippen LogP) is 3.79. The molecular formula is C15H14BrFN2O2. The predicted molar refractivity (Wildman–Crippen MR) is 83.1 cm³/mol. The molecule has 0 bridgehead atoms. The second-order valence-corrected chi connectivity index (χ2v) is 5.09. The fraction of sp³-hybridized carbons (Fsp3) is 0.133. The molecule has 0 saturated heterocycles. The Kier molecular flexibility index (Phi) is 5.57. The van der Waals surface area contributed by atoms with E-state index in [-0.39, 0.29) is 24.9 Å². The summed E-state index contributed by atoms with van der Waals surface area (Å²) in [6.07, 6.45) is 0. The van der Waals surface area contributed by atoms with Crippen LogP contribution in [-0.4, -0.2) is 19.2 Å². The van der Waals surface area contributed by atoms with Crippen molar-refractivity contribution in [3.63, 3.8) is 0 Å². The zero-order valence-corrected chi connectivity index (χ0v) is 12.7. The lowest BCUT2D eigenvalue weighted by Crippen LogP contribution is -2.32. The topological polar surface area (TPSA) is 50.4 Å². The van der Waals surface area contributed by atoms with Gasteiger partial charge in [0.05, 0.1) is 6.54 Å². The Hall–Kier alpha value is -2.08. The SMILES string of the molecule is O=C(NCCOc1ccccc1F)Nc1cccc(Br)c1. The van der Waals surface area contributed by atoms with Gasteiger partial charge in [0.1, 0.15) is 6.61 Å². The highest BCUT2D eigenvalue weighted by Gasteiger charge is 2.03. The van der Waals surface area contributed by atoms with Gasteiger partial charge in [0.25, 0.3) is 0 Å². The van der Waals surface area contributed by atoms with E-state index in [1.54, 1.807) is 24.3 Å². The quantitative estimate of drug-likeness (QED) is 0.804. The van der Waals surface area contributed by atoms with E-state index in [1.807, 2.05) is 12.1 Å². The van der Waals surface area contributed by atoms with Gasteiger partial charge in [-0.15, -0.1) is 0 Å². The van der Waals surface area contributed by atoms with Crippen LogP contribution in [0.25, 0.3) is 0 Å². The third-order valence-corrected chi connectivity index (χ3v) is 3.06. The number of rotatable bonds is 5. The van der Waals surface area contributed by atoms with Crippen LogP contribution in [0.1, 0.15) is 0 Å². The number of amides is 2. The molecule has 0 unspecified atom stereocenters. The molecule has 21 heavy (non-hydrogen) atoms. The van der Waals surface area contributed by atoms with E-state index in [0.717, 1.165) is 4.47 Å². The maximum atomic E-state index is 13.3. The number of carbonyl (C=O) groups is 1. The molecule has 0 radical (unpaired) electrons. The number of anilines is 1. The Morgan fingerprint density at radius 1 is 1.19 bits per heavy atom. The van der Waals surface area contributed by atoms with Gasteiger partial charge in [-0.2, -0.15) is 0 Å². The number of hydrogen-bond acceptors (Lipinski definition) is 2. The second-order valence-electron chi connectivity index (χ2n) is 4.17. The molecular weight excluding hydrogens is 339 g/mol. The van der Waals surface area contributed by atoms with Crippen molar-refractivity contribution in [2.24, 2.45) is 0 Å². The van der Waals surface area contributed by atoms with E-state index >= 15 is 0 Å². The molecule has 110 valence electrons. The fourth-order valence-corrected chi connectivity index (χ4v) is 2.03. The molecule has 0 fully saturated rings. The van der Waals surface area contributed by atoms with Crippen LogP contribution in [0.15, 0.2) is 53.0 Å². The number of para-hydroxylation sites is 1. The fourth-order valence-electron chi connectivity index (χ4n) is 1.63. The summed E-state index contributed by atoms with van der Waals surface area (Å²) in [5, 5.41) is 5.31. The molecule has 0 heterocycles.